The molecule has 8 nitrogen and oxygen atoms in total. The fourth-order valence-electron chi connectivity index (χ4n) is 5.39. The largest absolute Gasteiger partial charge is 0.492 e. The van der Waals surface area contributed by atoms with Crippen LogP contribution in [0.1, 0.15) is 86.1 Å². The van der Waals surface area contributed by atoms with Crippen molar-refractivity contribution in [2.24, 2.45) is 5.41 Å². The summed E-state index contributed by atoms with van der Waals surface area (Å²) in [6, 6.07) is 11.7. The van der Waals surface area contributed by atoms with Crippen molar-refractivity contribution < 1.29 is 23.7 Å². The Kier molecular flexibility index (Phi) is 8.50. The summed E-state index contributed by atoms with van der Waals surface area (Å²) in [5, 5.41) is 0. The van der Waals surface area contributed by atoms with Crippen LogP contribution >= 0.6 is 0 Å². The van der Waals surface area contributed by atoms with Gasteiger partial charge in [0, 0.05) is 38.3 Å². The van der Waals surface area contributed by atoms with Crippen molar-refractivity contribution in [3.63, 3.8) is 0 Å². The third-order valence-corrected chi connectivity index (χ3v) is 7.70. The Morgan fingerprint density at radius 3 is 2.51 bits per heavy atom. The third-order valence-electron chi connectivity index (χ3n) is 7.70. The molecular weight excluding hydrogens is 520 g/mol. The number of rotatable bonds is 11. The number of fused-ring (bicyclic) bond motifs is 3. The zero-order chi connectivity index (χ0) is 29.1. The fourth-order valence-corrected chi connectivity index (χ4v) is 5.39. The van der Waals surface area contributed by atoms with Crippen molar-refractivity contribution in [2.45, 2.75) is 71.9 Å². The van der Waals surface area contributed by atoms with E-state index in [1.165, 1.54) is 0 Å². The predicted octanol–water partition coefficient (Wildman–Crippen LogP) is 6.10. The van der Waals surface area contributed by atoms with Crippen molar-refractivity contribution in [1.29, 1.82) is 0 Å². The van der Waals surface area contributed by atoms with E-state index in [0.717, 1.165) is 41.8 Å². The van der Waals surface area contributed by atoms with Crippen molar-refractivity contribution in [3.8, 4) is 22.9 Å². The summed E-state index contributed by atoms with van der Waals surface area (Å²) in [6.45, 7) is 9.73. The molecule has 1 saturated carbocycles. The number of carbonyl (C=O) groups excluding carboxylic acids is 1. The molecule has 1 aliphatic heterocycles. The van der Waals surface area contributed by atoms with E-state index in [9.17, 15) is 9.59 Å². The molecule has 3 aromatic rings. The van der Waals surface area contributed by atoms with E-state index in [1.807, 2.05) is 34.9 Å². The molecule has 1 fully saturated rings. The van der Waals surface area contributed by atoms with Gasteiger partial charge in [0.1, 0.15) is 23.6 Å². The predicted molar refractivity (Wildman–Crippen MR) is 157 cm³/mol. The minimum atomic E-state index is -0.651. The maximum Gasteiger partial charge on any atom is 0.343 e. The van der Waals surface area contributed by atoms with E-state index in [1.54, 1.807) is 20.2 Å². The van der Waals surface area contributed by atoms with Gasteiger partial charge in [0.25, 0.3) is 0 Å². The number of esters is 1. The topological polar surface area (TPSA) is 88.9 Å². The van der Waals surface area contributed by atoms with Crippen LogP contribution in [0.2, 0.25) is 0 Å². The van der Waals surface area contributed by atoms with Crippen LogP contribution in [0.25, 0.3) is 11.4 Å². The van der Waals surface area contributed by atoms with Crippen LogP contribution in [0.15, 0.2) is 47.4 Å². The van der Waals surface area contributed by atoms with Gasteiger partial charge in [-0.1, -0.05) is 51.1 Å². The van der Waals surface area contributed by atoms with Crippen LogP contribution in [-0.4, -0.2) is 42.5 Å². The summed E-state index contributed by atoms with van der Waals surface area (Å²) in [5.74, 6) is 0.603. The number of pyridine rings is 2. The number of hydrogen-bond acceptors (Lipinski definition) is 7. The first-order valence-electron chi connectivity index (χ1n) is 14.5. The van der Waals surface area contributed by atoms with Crippen LogP contribution in [0.3, 0.4) is 0 Å². The van der Waals surface area contributed by atoms with E-state index in [2.05, 4.69) is 26.8 Å². The highest BCUT2D eigenvalue weighted by Crippen LogP contribution is 2.49. The molecule has 0 saturated heterocycles. The van der Waals surface area contributed by atoms with Gasteiger partial charge in [0.15, 0.2) is 5.75 Å². The maximum absolute atomic E-state index is 13.9. The normalized spacial score (nSPS) is 16.1. The molecule has 2 aliphatic rings. The Morgan fingerprint density at radius 1 is 1.10 bits per heavy atom. The molecular formula is C33H40N2O6. The molecule has 1 aliphatic carbocycles. The molecule has 3 heterocycles. The minimum Gasteiger partial charge on any atom is -0.492 e. The van der Waals surface area contributed by atoms with Gasteiger partial charge >= 0.3 is 5.97 Å². The zero-order valence-electron chi connectivity index (χ0n) is 24.7. The van der Waals surface area contributed by atoms with Crippen molar-refractivity contribution in [3.05, 3.63) is 75.2 Å². The van der Waals surface area contributed by atoms with Gasteiger partial charge in [-0.2, -0.15) is 0 Å². The smallest absolute Gasteiger partial charge is 0.343 e. The van der Waals surface area contributed by atoms with Crippen molar-refractivity contribution in [1.82, 2.24) is 9.55 Å². The Balaban J connectivity index is 1.70. The fraction of sp³-hybridized carbons (Fsp3) is 0.485. The second-order valence-corrected chi connectivity index (χ2v) is 11.9. The highest BCUT2D eigenvalue weighted by Gasteiger charge is 2.39. The van der Waals surface area contributed by atoms with Gasteiger partial charge in [-0.25, -0.2) is 9.78 Å². The first kappa shape index (κ1) is 28.9. The van der Waals surface area contributed by atoms with Gasteiger partial charge in [-0.3, -0.25) is 4.79 Å². The maximum atomic E-state index is 13.9. The Hall–Kier alpha value is -3.65. The molecule has 41 heavy (non-hydrogen) atoms. The molecule has 1 aromatic carbocycles. The highest BCUT2D eigenvalue weighted by molar-refractivity contribution is 5.90. The number of methoxy groups -OCH3 is 1. The van der Waals surface area contributed by atoms with Crippen molar-refractivity contribution in [2.75, 3.05) is 26.9 Å². The third kappa shape index (κ3) is 6.17. The van der Waals surface area contributed by atoms with Gasteiger partial charge in [0.05, 0.1) is 24.6 Å². The minimum absolute atomic E-state index is 0.0307. The van der Waals surface area contributed by atoms with Crippen LogP contribution < -0.4 is 14.9 Å². The van der Waals surface area contributed by atoms with Gasteiger partial charge in [0.2, 0.25) is 5.43 Å². The second kappa shape index (κ2) is 12.1. The van der Waals surface area contributed by atoms with E-state index < -0.39 is 11.4 Å². The van der Waals surface area contributed by atoms with E-state index in [0.29, 0.717) is 36.9 Å². The van der Waals surface area contributed by atoms with E-state index >= 15 is 0 Å². The molecule has 0 N–H and O–H groups in total. The molecule has 0 radical (unpaired) electrons. The summed E-state index contributed by atoms with van der Waals surface area (Å²) in [7, 11) is 1.69. The molecule has 1 atom stereocenters. The number of carbonyl (C=O) groups is 1. The summed E-state index contributed by atoms with van der Waals surface area (Å²) in [4.78, 5) is 32.1. The number of aromatic nitrogens is 2. The average Bonchev–Trinajstić information content (AvgIpc) is 3.79. The second-order valence-electron chi connectivity index (χ2n) is 11.9. The lowest BCUT2D eigenvalue weighted by Gasteiger charge is -2.39. The standard InChI is InChI=1S/C33H40N2O6/c1-6-39-32(37)24-19-35-26(33(2,3)4)18-23-17-25(40-16-10-15-38-5)27(22-13-14-22)34-28(23)29(35)31(30(24)36)41-20-21-11-8-7-9-12-21/h7-9,11-12,17,19,22,26H,6,10,13-16,18,20H2,1-5H3/t26-/m0/s1. The monoisotopic (exact) mass is 560 g/mol. The number of hydrogen-bond donors (Lipinski definition) is 0. The van der Waals surface area contributed by atoms with Gasteiger partial charge in [-0.15, -0.1) is 0 Å². The summed E-state index contributed by atoms with van der Waals surface area (Å²) in [5.41, 5.74) is 3.43. The van der Waals surface area contributed by atoms with Gasteiger partial charge in [-0.05, 0) is 48.8 Å². The summed E-state index contributed by atoms with van der Waals surface area (Å²) in [6.07, 6.45) is 5.21. The SMILES string of the molecule is CCOC(=O)c1cn2c(c(OCc3ccccc3)c1=O)-c1nc(C3CC3)c(OCCCOC)cc1C[C@H]2C(C)(C)C. The Labute approximate surface area is 241 Å². The lowest BCUT2D eigenvalue weighted by molar-refractivity contribution is 0.0522. The Morgan fingerprint density at radius 2 is 1.85 bits per heavy atom. The highest BCUT2D eigenvalue weighted by atomic mass is 16.5. The number of ether oxygens (including phenoxy) is 4. The Bertz CT molecular complexity index is 1450. The molecule has 218 valence electrons. The summed E-state index contributed by atoms with van der Waals surface area (Å²) < 4.78 is 25.1. The zero-order valence-corrected chi connectivity index (χ0v) is 24.7. The van der Waals surface area contributed by atoms with Crippen LogP contribution in [-0.2, 0) is 22.5 Å². The van der Waals surface area contributed by atoms with Crippen LogP contribution in [0.4, 0.5) is 0 Å². The lowest BCUT2D eigenvalue weighted by Crippen LogP contribution is -2.34. The molecule has 8 heteroatoms. The van der Waals surface area contributed by atoms with Crippen molar-refractivity contribution >= 4 is 5.97 Å². The van der Waals surface area contributed by atoms with Crippen LogP contribution in [0.5, 0.6) is 11.5 Å². The molecule has 0 bridgehead atoms. The molecule has 0 amide bonds. The van der Waals surface area contributed by atoms with E-state index in [4.69, 9.17) is 23.9 Å². The van der Waals surface area contributed by atoms with Crippen LogP contribution in [0, 0.1) is 5.41 Å². The van der Waals surface area contributed by atoms with E-state index in [-0.39, 0.29) is 36.0 Å². The first-order chi connectivity index (χ1) is 19.7. The number of benzene rings is 1. The summed E-state index contributed by atoms with van der Waals surface area (Å²) >= 11 is 0. The number of nitrogens with zero attached hydrogens (tertiary/aromatic N) is 2. The molecule has 0 spiro atoms. The molecule has 2 aromatic heterocycles. The van der Waals surface area contributed by atoms with Gasteiger partial charge < -0.3 is 23.5 Å². The molecule has 0 unspecified atom stereocenters. The molecule has 5 rings (SSSR count). The first-order valence-corrected chi connectivity index (χ1v) is 14.5. The quantitative estimate of drug-likeness (QED) is 0.207. The lowest BCUT2D eigenvalue weighted by atomic mass is 9.79. The average molecular weight is 561 g/mol.